The molecule has 5 nitrogen and oxygen atoms in total. The standard InChI is InChI=1S/C15H20N2O3/c18-15(5-8-17-6-1-2-7-17)16-12-3-4-13-14(11-12)20-10-9-19-13/h3-4,11H,1-2,5-10H2,(H,16,18). The van der Waals surface area contributed by atoms with E-state index in [9.17, 15) is 4.79 Å². The minimum Gasteiger partial charge on any atom is -0.486 e. The van der Waals surface area contributed by atoms with E-state index in [0.29, 0.717) is 25.4 Å². The first-order valence-electron chi connectivity index (χ1n) is 7.23. The van der Waals surface area contributed by atoms with Crippen molar-refractivity contribution in [3.63, 3.8) is 0 Å². The van der Waals surface area contributed by atoms with E-state index in [-0.39, 0.29) is 5.91 Å². The van der Waals surface area contributed by atoms with Crippen molar-refractivity contribution in [1.82, 2.24) is 4.90 Å². The second kappa shape index (κ2) is 6.13. The van der Waals surface area contributed by atoms with Crippen LogP contribution in [-0.4, -0.2) is 43.7 Å². The molecule has 108 valence electrons. The number of benzene rings is 1. The van der Waals surface area contributed by atoms with Gasteiger partial charge in [0.15, 0.2) is 11.5 Å². The zero-order valence-electron chi connectivity index (χ0n) is 11.6. The fourth-order valence-corrected chi connectivity index (χ4v) is 2.61. The molecule has 1 N–H and O–H groups in total. The van der Waals surface area contributed by atoms with E-state index in [1.54, 1.807) is 0 Å². The summed E-state index contributed by atoms with van der Waals surface area (Å²) in [4.78, 5) is 14.3. The van der Waals surface area contributed by atoms with Gasteiger partial charge in [-0.1, -0.05) is 0 Å². The van der Waals surface area contributed by atoms with Crippen LogP contribution in [0.2, 0.25) is 0 Å². The molecule has 5 heteroatoms. The fourth-order valence-electron chi connectivity index (χ4n) is 2.61. The monoisotopic (exact) mass is 276 g/mol. The number of hydrogen-bond donors (Lipinski definition) is 1. The molecular weight excluding hydrogens is 256 g/mol. The Bertz CT molecular complexity index is 484. The van der Waals surface area contributed by atoms with Gasteiger partial charge in [0.1, 0.15) is 13.2 Å². The summed E-state index contributed by atoms with van der Waals surface area (Å²) < 4.78 is 11.0. The molecule has 0 aliphatic carbocycles. The number of nitrogens with one attached hydrogen (secondary N) is 1. The van der Waals surface area contributed by atoms with Crippen LogP contribution in [0.15, 0.2) is 18.2 Å². The van der Waals surface area contributed by atoms with Crippen molar-refractivity contribution in [2.45, 2.75) is 19.3 Å². The number of ether oxygens (including phenoxy) is 2. The van der Waals surface area contributed by atoms with Gasteiger partial charge in [0.2, 0.25) is 5.91 Å². The van der Waals surface area contributed by atoms with Gasteiger partial charge in [0, 0.05) is 24.7 Å². The summed E-state index contributed by atoms with van der Waals surface area (Å²) in [5.41, 5.74) is 0.765. The summed E-state index contributed by atoms with van der Waals surface area (Å²) in [6, 6.07) is 5.51. The molecule has 3 rings (SSSR count). The van der Waals surface area contributed by atoms with Crippen molar-refractivity contribution >= 4 is 11.6 Å². The Balaban J connectivity index is 1.52. The number of carbonyl (C=O) groups excluding carboxylic acids is 1. The van der Waals surface area contributed by atoms with Crippen LogP contribution >= 0.6 is 0 Å². The van der Waals surface area contributed by atoms with Gasteiger partial charge >= 0.3 is 0 Å². The van der Waals surface area contributed by atoms with Gasteiger partial charge in [-0.15, -0.1) is 0 Å². The summed E-state index contributed by atoms with van der Waals surface area (Å²) in [7, 11) is 0. The van der Waals surface area contributed by atoms with Gasteiger partial charge in [-0.05, 0) is 38.1 Å². The smallest absolute Gasteiger partial charge is 0.225 e. The number of amides is 1. The number of nitrogens with zero attached hydrogens (tertiary/aromatic N) is 1. The largest absolute Gasteiger partial charge is 0.486 e. The van der Waals surface area contributed by atoms with E-state index in [2.05, 4.69) is 10.2 Å². The zero-order chi connectivity index (χ0) is 13.8. The van der Waals surface area contributed by atoms with Gasteiger partial charge in [-0.25, -0.2) is 0 Å². The average Bonchev–Trinajstić information content (AvgIpc) is 2.98. The first-order valence-corrected chi connectivity index (χ1v) is 7.23. The van der Waals surface area contributed by atoms with Gasteiger partial charge < -0.3 is 19.7 Å². The number of rotatable bonds is 4. The molecule has 1 fully saturated rings. The number of fused-ring (bicyclic) bond motifs is 1. The van der Waals surface area contributed by atoms with E-state index in [1.165, 1.54) is 12.8 Å². The highest BCUT2D eigenvalue weighted by atomic mass is 16.6. The number of carbonyl (C=O) groups is 1. The van der Waals surface area contributed by atoms with Crippen molar-refractivity contribution in [3.05, 3.63) is 18.2 Å². The topological polar surface area (TPSA) is 50.8 Å². The van der Waals surface area contributed by atoms with Gasteiger partial charge in [-0.2, -0.15) is 0 Å². The molecule has 1 aromatic carbocycles. The third-order valence-electron chi connectivity index (χ3n) is 3.68. The molecule has 0 saturated carbocycles. The summed E-state index contributed by atoms with van der Waals surface area (Å²) in [5, 5.41) is 2.91. The number of anilines is 1. The van der Waals surface area contributed by atoms with Crippen LogP contribution in [0.4, 0.5) is 5.69 Å². The highest BCUT2D eigenvalue weighted by Gasteiger charge is 2.15. The molecular formula is C15H20N2O3. The highest BCUT2D eigenvalue weighted by Crippen LogP contribution is 2.32. The number of likely N-dealkylation sites (tertiary alicyclic amines) is 1. The lowest BCUT2D eigenvalue weighted by atomic mass is 10.2. The third kappa shape index (κ3) is 3.22. The first kappa shape index (κ1) is 13.2. The summed E-state index contributed by atoms with van der Waals surface area (Å²) in [6.45, 7) is 4.22. The Morgan fingerprint density at radius 1 is 1.15 bits per heavy atom. The maximum atomic E-state index is 11.9. The van der Waals surface area contributed by atoms with Crippen LogP contribution in [0.5, 0.6) is 11.5 Å². The second-order valence-corrected chi connectivity index (χ2v) is 5.21. The summed E-state index contributed by atoms with van der Waals surface area (Å²) >= 11 is 0. The van der Waals surface area contributed by atoms with Crippen LogP contribution in [0.3, 0.4) is 0 Å². The molecule has 1 amide bonds. The predicted molar refractivity (Wildman–Crippen MR) is 76.4 cm³/mol. The van der Waals surface area contributed by atoms with E-state index < -0.39 is 0 Å². The maximum absolute atomic E-state index is 11.9. The van der Waals surface area contributed by atoms with Gasteiger partial charge in [0.25, 0.3) is 0 Å². The molecule has 2 heterocycles. The van der Waals surface area contributed by atoms with Crippen LogP contribution in [0.1, 0.15) is 19.3 Å². The Morgan fingerprint density at radius 3 is 2.70 bits per heavy atom. The minimum atomic E-state index is 0.0496. The predicted octanol–water partition coefficient (Wildman–Crippen LogP) is 1.88. The highest BCUT2D eigenvalue weighted by molar-refractivity contribution is 5.91. The van der Waals surface area contributed by atoms with Crippen molar-refractivity contribution in [3.8, 4) is 11.5 Å². The van der Waals surface area contributed by atoms with E-state index >= 15 is 0 Å². The van der Waals surface area contributed by atoms with Crippen LogP contribution in [0, 0.1) is 0 Å². The second-order valence-electron chi connectivity index (χ2n) is 5.21. The molecule has 0 aromatic heterocycles. The molecule has 2 aliphatic rings. The van der Waals surface area contributed by atoms with Gasteiger partial charge in [-0.3, -0.25) is 4.79 Å². The quantitative estimate of drug-likeness (QED) is 0.912. The summed E-state index contributed by atoms with van der Waals surface area (Å²) in [6.07, 6.45) is 3.04. The minimum absolute atomic E-state index is 0.0496. The molecule has 0 atom stereocenters. The fraction of sp³-hybridized carbons (Fsp3) is 0.533. The SMILES string of the molecule is O=C(CCN1CCCC1)Nc1ccc2c(c1)OCCO2. The molecule has 20 heavy (non-hydrogen) atoms. The molecule has 1 aromatic rings. The maximum Gasteiger partial charge on any atom is 0.225 e. The molecule has 0 spiro atoms. The normalized spacial score (nSPS) is 18.0. The van der Waals surface area contributed by atoms with Crippen LogP contribution < -0.4 is 14.8 Å². The average molecular weight is 276 g/mol. The van der Waals surface area contributed by atoms with Crippen LogP contribution in [0.25, 0.3) is 0 Å². The third-order valence-corrected chi connectivity index (χ3v) is 3.68. The van der Waals surface area contributed by atoms with E-state index in [1.807, 2.05) is 18.2 Å². The van der Waals surface area contributed by atoms with Crippen molar-refractivity contribution in [1.29, 1.82) is 0 Å². The molecule has 1 saturated heterocycles. The molecule has 0 unspecified atom stereocenters. The van der Waals surface area contributed by atoms with Crippen molar-refractivity contribution in [2.75, 3.05) is 38.2 Å². The zero-order valence-corrected chi connectivity index (χ0v) is 11.6. The van der Waals surface area contributed by atoms with E-state index in [4.69, 9.17) is 9.47 Å². The molecule has 0 bridgehead atoms. The summed E-state index contributed by atoms with van der Waals surface area (Å²) in [5.74, 6) is 1.49. The Kier molecular flexibility index (Phi) is 4.06. The molecule has 0 radical (unpaired) electrons. The van der Waals surface area contributed by atoms with Crippen LogP contribution in [-0.2, 0) is 4.79 Å². The first-order chi connectivity index (χ1) is 9.81. The Labute approximate surface area is 118 Å². The lowest BCUT2D eigenvalue weighted by Crippen LogP contribution is -2.25. The van der Waals surface area contributed by atoms with E-state index in [0.717, 1.165) is 31.1 Å². The van der Waals surface area contributed by atoms with Gasteiger partial charge in [0.05, 0.1) is 0 Å². The molecule has 2 aliphatic heterocycles. The number of hydrogen-bond acceptors (Lipinski definition) is 4. The Morgan fingerprint density at radius 2 is 1.90 bits per heavy atom. The Hall–Kier alpha value is -1.75. The van der Waals surface area contributed by atoms with Crippen molar-refractivity contribution < 1.29 is 14.3 Å². The lowest BCUT2D eigenvalue weighted by Gasteiger charge is -2.19. The van der Waals surface area contributed by atoms with Crippen molar-refractivity contribution in [2.24, 2.45) is 0 Å². The lowest BCUT2D eigenvalue weighted by molar-refractivity contribution is -0.116.